The molecule has 2 N–H and O–H groups in total. The van der Waals surface area contributed by atoms with Crippen molar-refractivity contribution in [1.29, 1.82) is 0 Å². The highest BCUT2D eigenvalue weighted by Crippen LogP contribution is 2.29. The number of rotatable bonds is 7. The molecule has 0 aliphatic rings. The zero-order chi connectivity index (χ0) is 21.9. The summed E-state index contributed by atoms with van der Waals surface area (Å²) in [6, 6.07) is 27.5. The summed E-state index contributed by atoms with van der Waals surface area (Å²) >= 11 is 1.39. The zero-order valence-electron chi connectivity index (χ0n) is 17.2. The van der Waals surface area contributed by atoms with E-state index in [9.17, 15) is 4.79 Å². The van der Waals surface area contributed by atoms with Gasteiger partial charge in [-0.15, -0.1) is 11.3 Å². The standard InChI is InChI=1S/C26H20N2O3S/c27-26(29)25-14-19-13-22(11-12-24(19)32-25)30-15-17-5-9-21(10-6-17)31-16-20-8-7-18-3-1-2-4-23(18)28-20/h1-14H,15-16H2,(H2,27,29). The molecule has 0 radical (unpaired) electrons. The van der Waals surface area contributed by atoms with Crippen LogP contribution in [0.4, 0.5) is 0 Å². The predicted molar refractivity (Wildman–Crippen MR) is 127 cm³/mol. The van der Waals surface area contributed by atoms with E-state index in [0.29, 0.717) is 18.1 Å². The van der Waals surface area contributed by atoms with E-state index in [1.165, 1.54) is 11.3 Å². The number of nitrogens with two attached hydrogens (primary N) is 1. The molecule has 6 heteroatoms. The molecule has 2 heterocycles. The molecule has 1 amide bonds. The second-order valence-corrected chi connectivity index (χ2v) is 8.47. The molecule has 0 saturated carbocycles. The lowest BCUT2D eigenvalue weighted by Crippen LogP contribution is -2.07. The lowest BCUT2D eigenvalue weighted by atomic mass is 10.2. The van der Waals surface area contributed by atoms with Crippen LogP contribution in [-0.4, -0.2) is 10.9 Å². The van der Waals surface area contributed by atoms with Crippen molar-refractivity contribution < 1.29 is 14.3 Å². The normalized spacial score (nSPS) is 11.0. The molecule has 0 bridgehead atoms. The molecule has 32 heavy (non-hydrogen) atoms. The molecule has 5 nitrogen and oxygen atoms in total. The fraction of sp³-hybridized carbons (Fsp3) is 0.0769. The van der Waals surface area contributed by atoms with Crippen LogP contribution >= 0.6 is 11.3 Å². The number of carbonyl (C=O) groups excluding carboxylic acids is 1. The van der Waals surface area contributed by atoms with Crippen LogP contribution in [0.3, 0.4) is 0 Å². The van der Waals surface area contributed by atoms with Crippen LogP contribution in [0.15, 0.2) is 84.9 Å². The molecule has 0 aliphatic carbocycles. The largest absolute Gasteiger partial charge is 0.489 e. The summed E-state index contributed by atoms with van der Waals surface area (Å²) in [6.07, 6.45) is 0. The van der Waals surface area contributed by atoms with E-state index in [-0.39, 0.29) is 0 Å². The first-order chi connectivity index (χ1) is 15.6. The molecule has 0 aliphatic heterocycles. The molecule has 0 spiro atoms. The highest BCUT2D eigenvalue weighted by Gasteiger charge is 2.08. The monoisotopic (exact) mass is 440 g/mol. The predicted octanol–water partition coefficient (Wildman–Crippen LogP) is 5.71. The Bertz CT molecular complexity index is 1410. The highest BCUT2D eigenvalue weighted by atomic mass is 32.1. The maximum Gasteiger partial charge on any atom is 0.258 e. The third kappa shape index (κ3) is 4.40. The number of nitrogens with zero attached hydrogens (tertiary/aromatic N) is 1. The van der Waals surface area contributed by atoms with Gasteiger partial charge in [0, 0.05) is 10.1 Å². The third-order valence-corrected chi connectivity index (χ3v) is 6.23. The first-order valence-corrected chi connectivity index (χ1v) is 11.0. The van der Waals surface area contributed by atoms with E-state index in [1.54, 1.807) is 6.07 Å². The molecule has 3 aromatic carbocycles. The Labute approximate surface area is 189 Å². The molecule has 0 fully saturated rings. The summed E-state index contributed by atoms with van der Waals surface area (Å²) < 4.78 is 12.8. The number of para-hydroxylation sites is 1. The number of hydrogen-bond donors (Lipinski definition) is 1. The van der Waals surface area contributed by atoms with Gasteiger partial charge in [-0.1, -0.05) is 36.4 Å². The molecule has 0 atom stereocenters. The molecule has 5 rings (SSSR count). The summed E-state index contributed by atoms with van der Waals surface area (Å²) in [6.45, 7) is 0.847. The van der Waals surface area contributed by atoms with Crippen molar-refractivity contribution in [3.8, 4) is 11.5 Å². The number of fused-ring (bicyclic) bond motifs is 2. The van der Waals surface area contributed by atoms with Gasteiger partial charge in [0.25, 0.3) is 5.91 Å². The number of aromatic nitrogens is 1. The number of ether oxygens (including phenoxy) is 2. The maximum absolute atomic E-state index is 11.4. The van der Waals surface area contributed by atoms with Crippen molar-refractivity contribution in [2.24, 2.45) is 5.73 Å². The van der Waals surface area contributed by atoms with Gasteiger partial charge in [-0.25, -0.2) is 4.98 Å². The van der Waals surface area contributed by atoms with Crippen molar-refractivity contribution in [3.05, 3.63) is 101 Å². The maximum atomic E-state index is 11.4. The van der Waals surface area contributed by atoms with Crippen LogP contribution < -0.4 is 15.2 Å². The third-order valence-electron chi connectivity index (χ3n) is 5.10. The Morgan fingerprint density at radius 2 is 1.59 bits per heavy atom. The minimum absolute atomic E-state index is 0.410. The number of benzene rings is 3. The molecular formula is C26H20N2O3S. The van der Waals surface area contributed by atoms with Crippen LogP contribution in [-0.2, 0) is 13.2 Å². The number of thiophene rings is 1. The number of hydrogen-bond acceptors (Lipinski definition) is 5. The van der Waals surface area contributed by atoms with Crippen molar-refractivity contribution >= 4 is 38.2 Å². The average molecular weight is 441 g/mol. The van der Waals surface area contributed by atoms with Crippen LogP contribution in [0.5, 0.6) is 11.5 Å². The van der Waals surface area contributed by atoms with Gasteiger partial charge in [0.2, 0.25) is 0 Å². The fourth-order valence-corrected chi connectivity index (χ4v) is 4.32. The van der Waals surface area contributed by atoms with E-state index in [1.807, 2.05) is 72.8 Å². The molecular weight excluding hydrogens is 420 g/mol. The van der Waals surface area contributed by atoms with E-state index in [0.717, 1.165) is 43.7 Å². The SMILES string of the molecule is NC(=O)c1cc2cc(OCc3ccc(OCc4ccc5ccccc5n4)cc3)ccc2s1. The van der Waals surface area contributed by atoms with E-state index >= 15 is 0 Å². The first-order valence-electron chi connectivity index (χ1n) is 10.2. The Balaban J connectivity index is 1.19. The number of pyridine rings is 1. The van der Waals surface area contributed by atoms with Crippen molar-refractivity contribution in [2.75, 3.05) is 0 Å². The minimum Gasteiger partial charge on any atom is -0.489 e. The Hall–Kier alpha value is -3.90. The van der Waals surface area contributed by atoms with Crippen LogP contribution in [0.1, 0.15) is 20.9 Å². The van der Waals surface area contributed by atoms with E-state index in [2.05, 4.69) is 11.1 Å². The van der Waals surface area contributed by atoms with Crippen LogP contribution in [0, 0.1) is 0 Å². The second-order valence-electron chi connectivity index (χ2n) is 7.39. The molecule has 158 valence electrons. The Kier molecular flexibility index (Phi) is 5.44. The first kappa shape index (κ1) is 20.0. The average Bonchev–Trinajstić information content (AvgIpc) is 3.26. The topological polar surface area (TPSA) is 74.4 Å². The van der Waals surface area contributed by atoms with Gasteiger partial charge < -0.3 is 15.2 Å². The molecule has 0 unspecified atom stereocenters. The highest BCUT2D eigenvalue weighted by molar-refractivity contribution is 7.20. The molecule has 5 aromatic rings. The summed E-state index contributed by atoms with van der Waals surface area (Å²) in [5.41, 5.74) is 8.25. The summed E-state index contributed by atoms with van der Waals surface area (Å²) in [7, 11) is 0. The second kappa shape index (κ2) is 8.69. The van der Waals surface area contributed by atoms with Crippen LogP contribution in [0.25, 0.3) is 21.0 Å². The van der Waals surface area contributed by atoms with Gasteiger partial charge in [0.1, 0.15) is 24.7 Å². The zero-order valence-corrected chi connectivity index (χ0v) is 18.0. The quantitative estimate of drug-likeness (QED) is 0.352. The van der Waals surface area contributed by atoms with Crippen LogP contribution in [0.2, 0.25) is 0 Å². The van der Waals surface area contributed by atoms with Gasteiger partial charge in [-0.05, 0) is 59.5 Å². The molecule has 0 saturated heterocycles. The number of carbonyl (C=O) groups is 1. The minimum atomic E-state index is -0.410. The van der Waals surface area contributed by atoms with Gasteiger partial charge >= 0.3 is 0 Å². The van der Waals surface area contributed by atoms with E-state index < -0.39 is 5.91 Å². The van der Waals surface area contributed by atoms with Crippen molar-refractivity contribution in [2.45, 2.75) is 13.2 Å². The fourth-order valence-electron chi connectivity index (χ4n) is 3.43. The van der Waals surface area contributed by atoms with Gasteiger partial charge in [-0.2, -0.15) is 0 Å². The van der Waals surface area contributed by atoms with Gasteiger partial charge in [0.05, 0.1) is 16.1 Å². The lowest BCUT2D eigenvalue weighted by molar-refractivity contribution is 0.100. The smallest absolute Gasteiger partial charge is 0.258 e. The Morgan fingerprint density at radius 1 is 0.812 bits per heavy atom. The number of amides is 1. The lowest BCUT2D eigenvalue weighted by Gasteiger charge is -2.09. The van der Waals surface area contributed by atoms with Crippen molar-refractivity contribution in [3.63, 3.8) is 0 Å². The van der Waals surface area contributed by atoms with E-state index in [4.69, 9.17) is 15.2 Å². The summed E-state index contributed by atoms with van der Waals surface area (Å²) in [4.78, 5) is 16.5. The van der Waals surface area contributed by atoms with Gasteiger partial charge in [-0.3, -0.25) is 4.79 Å². The van der Waals surface area contributed by atoms with Crippen molar-refractivity contribution in [1.82, 2.24) is 4.98 Å². The summed E-state index contributed by atoms with van der Waals surface area (Å²) in [5, 5.41) is 2.07. The summed E-state index contributed by atoms with van der Waals surface area (Å²) in [5.74, 6) is 1.11. The Morgan fingerprint density at radius 3 is 2.44 bits per heavy atom. The van der Waals surface area contributed by atoms with Gasteiger partial charge in [0.15, 0.2) is 0 Å². The number of primary amides is 1. The molecule has 2 aromatic heterocycles.